The summed E-state index contributed by atoms with van der Waals surface area (Å²) in [5.41, 5.74) is 2.08. The molecule has 1 aliphatic rings. The van der Waals surface area contributed by atoms with Crippen molar-refractivity contribution in [1.82, 2.24) is 9.21 Å². The zero-order valence-corrected chi connectivity index (χ0v) is 18.2. The number of nitrogens with zero attached hydrogens (tertiary/aromatic N) is 3. The van der Waals surface area contributed by atoms with Gasteiger partial charge in [-0.2, -0.15) is 4.31 Å². The molecule has 0 N–H and O–H groups in total. The molecule has 0 unspecified atom stereocenters. The number of benzene rings is 2. The molecule has 0 bridgehead atoms. The molecule has 160 valence electrons. The second-order valence-corrected chi connectivity index (χ2v) is 9.94. The first-order chi connectivity index (χ1) is 14.3. The number of rotatable bonds is 7. The predicted molar refractivity (Wildman–Crippen MR) is 116 cm³/mol. The maximum Gasteiger partial charge on any atom is 0.270 e. The third kappa shape index (κ3) is 5.38. The van der Waals surface area contributed by atoms with Gasteiger partial charge in [0.2, 0.25) is 15.9 Å². The van der Waals surface area contributed by atoms with Gasteiger partial charge < -0.3 is 4.90 Å². The van der Waals surface area contributed by atoms with E-state index in [1.54, 1.807) is 4.90 Å². The van der Waals surface area contributed by atoms with E-state index in [1.807, 2.05) is 31.2 Å². The van der Waals surface area contributed by atoms with Crippen molar-refractivity contribution >= 4 is 33.4 Å². The van der Waals surface area contributed by atoms with Crippen LogP contribution in [-0.2, 0) is 20.6 Å². The Morgan fingerprint density at radius 3 is 2.40 bits per heavy atom. The van der Waals surface area contributed by atoms with E-state index in [1.165, 1.54) is 39.8 Å². The Kier molecular flexibility index (Phi) is 7.11. The summed E-state index contributed by atoms with van der Waals surface area (Å²) in [5, 5.41) is 10.9. The summed E-state index contributed by atoms with van der Waals surface area (Å²) in [6.07, 6.45) is 0. The Hall–Kier alpha value is -2.43. The van der Waals surface area contributed by atoms with E-state index in [-0.39, 0.29) is 29.6 Å². The number of hydrogen-bond donors (Lipinski definition) is 0. The highest BCUT2D eigenvalue weighted by Crippen LogP contribution is 2.22. The smallest absolute Gasteiger partial charge is 0.270 e. The van der Waals surface area contributed by atoms with Crippen LogP contribution in [0.4, 0.5) is 5.69 Å². The first-order valence-corrected chi connectivity index (χ1v) is 12.0. The fourth-order valence-corrected chi connectivity index (χ4v) is 5.47. The molecule has 30 heavy (non-hydrogen) atoms. The minimum Gasteiger partial charge on any atom is -0.339 e. The van der Waals surface area contributed by atoms with Crippen LogP contribution >= 0.6 is 11.8 Å². The summed E-state index contributed by atoms with van der Waals surface area (Å²) in [7, 11) is -3.84. The quantitative estimate of drug-likeness (QED) is 0.476. The van der Waals surface area contributed by atoms with E-state index < -0.39 is 14.9 Å². The van der Waals surface area contributed by atoms with E-state index in [0.29, 0.717) is 18.8 Å². The molecule has 2 aromatic carbocycles. The van der Waals surface area contributed by atoms with Gasteiger partial charge in [-0.3, -0.25) is 14.9 Å². The van der Waals surface area contributed by atoms with Crippen LogP contribution in [0.15, 0.2) is 53.4 Å². The Labute approximate surface area is 180 Å². The number of nitro benzene ring substituents is 1. The molecule has 0 radical (unpaired) electrons. The predicted octanol–water partition coefficient (Wildman–Crippen LogP) is 2.67. The molecule has 0 spiro atoms. The fraction of sp³-hybridized carbons (Fsp3) is 0.350. The minimum atomic E-state index is -3.84. The van der Waals surface area contributed by atoms with Gasteiger partial charge in [0.1, 0.15) is 0 Å². The molecule has 0 atom stereocenters. The second kappa shape index (κ2) is 9.59. The van der Waals surface area contributed by atoms with Crippen molar-refractivity contribution in [2.45, 2.75) is 17.6 Å². The lowest BCUT2D eigenvalue weighted by atomic mass is 10.2. The van der Waals surface area contributed by atoms with Crippen molar-refractivity contribution in [2.75, 3.05) is 31.9 Å². The zero-order valence-electron chi connectivity index (χ0n) is 16.6. The Bertz CT molecular complexity index is 1020. The maximum atomic E-state index is 12.8. The molecular weight excluding hydrogens is 426 g/mol. The third-order valence-electron chi connectivity index (χ3n) is 4.87. The summed E-state index contributed by atoms with van der Waals surface area (Å²) in [6, 6.07) is 13.2. The molecule has 10 heteroatoms. The third-order valence-corrected chi connectivity index (χ3v) is 7.76. The lowest BCUT2D eigenvalue weighted by molar-refractivity contribution is -0.385. The number of hydrogen-bond acceptors (Lipinski definition) is 6. The molecule has 1 amide bonds. The van der Waals surface area contributed by atoms with Gasteiger partial charge >= 0.3 is 0 Å². The van der Waals surface area contributed by atoms with Gasteiger partial charge in [0, 0.05) is 44.1 Å². The maximum absolute atomic E-state index is 12.8. The number of amides is 1. The van der Waals surface area contributed by atoms with Crippen LogP contribution < -0.4 is 0 Å². The summed E-state index contributed by atoms with van der Waals surface area (Å²) < 4.78 is 26.8. The highest BCUT2D eigenvalue weighted by Gasteiger charge is 2.30. The van der Waals surface area contributed by atoms with Gasteiger partial charge in [-0.1, -0.05) is 35.9 Å². The average molecular weight is 450 g/mol. The van der Waals surface area contributed by atoms with Gasteiger partial charge in [0.15, 0.2) is 0 Å². The molecule has 0 aliphatic carbocycles. The molecule has 8 nitrogen and oxygen atoms in total. The number of carbonyl (C=O) groups excluding carboxylic acids is 1. The van der Waals surface area contributed by atoms with E-state index >= 15 is 0 Å². The highest BCUT2D eigenvalue weighted by atomic mass is 32.2. The molecule has 0 saturated carbocycles. The first kappa shape index (κ1) is 22.3. The highest BCUT2D eigenvalue weighted by molar-refractivity contribution is 7.99. The molecule has 1 aliphatic heterocycles. The molecule has 0 aromatic heterocycles. The van der Waals surface area contributed by atoms with E-state index in [0.717, 1.165) is 17.4 Å². The van der Waals surface area contributed by atoms with Crippen molar-refractivity contribution < 1.29 is 18.1 Å². The average Bonchev–Trinajstić information content (AvgIpc) is 2.75. The van der Waals surface area contributed by atoms with Crippen LogP contribution in [0.5, 0.6) is 0 Å². The van der Waals surface area contributed by atoms with Gasteiger partial charge in [0.05, 0.1) is 15.6 Å². The van der Waals surface area contributed by atoms with Crippen molar-refractivity contribution in [3.8, 4) is 0 Å². The van der Waals surface area contributed by atoms with Crippen LogP contribution in [0.2, 0.25) is 0 Å². The molecule has 1 heterocycles. The number of piperazine rings is 1. The number of aryl methyl sites for hydroxylation is 1. The molecular formula is C20H23N3O5S2. The molecule has 1 saturated heterocycles. The van der Waals surface area contributed by atoms with Crippen LogP contribution in [0.1, 0.15) is 11.1 Å². The molecule has 1 fully saturated rings. The standard InChI is InChI=1S/C20H23N3O5S2/c1-16-5-7-17(8-6-16)14-29-15-20(24)21-9-11-22(12-10-21)30(27,28)19-4-2-3-18(13-19)23(25)26/h2-8,13H,9-12,14-15H2,1H3. The largest absolute Gasteiger partial charge is 0.339 e. The Balaban J connectivity index is 1.52. The van der Waals surface area contributed by atoms with Crippen molar-refractivity contribution in [3.05, 3.63) is 69.8 Å². The number of nitro groups is 1. The molecule has 2 aromatic rings. The lowest BCUT2D eigenvalue weighted by Crippen LogP contribution is -2.50. The monoisotopic (exact) mass is 449 g/mol. The van der Waals surface area contributed by atoms with Crippen LogP contribution in [0, 0.1) is 17.0 Å². The SMILES string of the molecule is Cc1ccc(CSCC(=O)N2CCN(S(=O)(=O)c3cccc([N+](=O)[O-])c3)CC2)cc1. The Morgan fingerprint density at radius 2 is 1.77 bits per heavy atom. The summed E-state index contributed by atoms with van der Waals surface area (Å²) >= 11 is 1.53. The molecule has 3 rings (SSSR count). The van der Waals surface area contributed by atoms with Crippen molar-refractivity contribution in [2.24, 2.45) is 0 Å². The summed E-state index contributed by atoms with van der Waals surface area (Å²) in [5.74, 6) is 1.07. The van der Waals surface area contributed by atoms with Crippen molar-refractivity contribution in [1.29, 1.82) is 0 Å². The zero-order chi connectivity index (χ0) is 21.7. The normalized spacial score (nSPS) is 15.2. The van der Waals surface area contributed by atoms with Crippen LogP contribution in [0.3, 0.4) is 0 Å². The Morgan fingerprint density at radius 1 is 1.10 bits per heavy atom. The second-order valence-electron chi connectivity index (χ2n) is 7.02. The van der Waals surface area contributed by atoms with Crippen LogP contribution in [-0.4, -0.2) is 60.4 Å². The van der Waals surface area contributed by atoms with E-state index in [2.05, 4.69) is 0 Å². The van der Waals surface area contributed by atoms with Gasteiger partial charge in [-0.05, 0) is 18.6 Å². The summed E-state index contributed by atoms with van der Waals surface area (Å²) in [6.45, 7) is 2.97. The number of non-ortho nitro benzene ring substituents is 1. The summed E-state index contributed by atoms with van der Waals surface area (Å²) in [4.78, 5) is 24.3. The van der Waals surface area contributed by atoms with E-state index in [4.69, 9.17) is 0 Å². The first-order valence-electron chi connectivity index (χ1n) is 9.43. The topological polar surface area (TPSA) is 101 Å². The lowest BCUT2D eigenvalue weighted by Gasteiger charge is -2.34. The number of thioether (sulfide) groups is 1. The fourth-order valence-electron chi connectivity index (χ4n) is 3.12. The minimum absolute atomic E-state index is 0.0143. The van der Waals surface area contributed by atoms with Gasteiger partial charge in [-0.25, -0.2) is 8.42 Å². The van der Waals surface area contributed by atoms with Crippen LogP contribution in [0.25, 0.3) is 0 Å². The number of carbonyl (C=O) groups is 1. The van der Waals surface area contributed by atoms with Gasteiger partial charge in [0.25, 0.3) is 5.69 Å². The van der Waals surface area contributed by atoms with E-state index in [9.17, 15) is 23.3 Å². The van der Waals surface area contributed by atoms with Crippen molar-refractivity contribution in [3.63, 3.8) is 0 Å². The number of sulfonamides is 1. The van der Waals surface area contributed by atoms with Gasteiger partial charge in [-0.15, -0.1) is 11.8 Å².